The third-order valence-electron chi connectivity index (χ3n) is 7.34. The smallest absolute Gasteiger partial charge is 0.134 e. The van der Waals surface area contributed by atoms with Crippen molar-refractivity contribution in [2.24, 2.45) is 22.7 Å². The van der Waals surface area contributed by atoms with Gasteiger partial charge in [0.25, 0.3) is 0 Å². The molecule has 126 valence electrons. The molecule has 0 radical (unpaired) electrons. The fraction of sp³-hybridized carbons (Fsp3) is 0.700. The van der Waals surface area contributed by atoms with Gasteiger partial charge in [-0.05, 0) is 83.9 Å². The summed E-state index contributed by atoms with van der Waals surface area (Å²) in [7, 11) is 0. The van der Waals surface area contributed by atoms with Crippen molar-refractivity contribution >= 4 is 11.6 Å². The Labute approximate surface area is 143 Å². The number of aliphatic hydroxyl groups excluding tert-OH is 1. The van der Waals surface area contributed by atoms with Crippen LogP contribution in [0.2, 0.25) is 5.02 Å². The molecule has 0 amide bonds. The highest BCUT2D eigenvalue weighted by Crippen LogP contribution is 2.65. The van der Waals surface area contributed by atoms with Gasteiger partial charge in [0, 0.05) is 0 Å². The minimum absolute atomic E-state index is 0.0151. The van der Waals surface area contributed by atoms with Crippen LogP contribution in [0.5, 0.6) is 5.75 Å². The van der Waals surface area contributed by atoms with E-state index in [0.29, 0.717) is 22.8 Å². The summed E-state index contributed by atoms with van der Waals surface area (Å²) in [6.07, 6.45) is 5.31. The van der Waals surface area contributed by atoms with Crippen LogP contribution < -0.4 is 0 Å². The van der Waals surface area contributed by atoms with Crippen molar-refractivity contribution in [3.8, 4) is 5.75 Å². The van der Waals surface area contributed by atoms with Gasteiger partial charge in [-0.2, -0.15) is 0 Å². The minimum Gasteiger partial charge on any atom is -0.506 e. The van der Waals surface area contributed by atoms with Gasteiger partial charge >= 0.3 is 0 Å². The number of fused-ring (bicyclic) bond motifs is 5. The molecular formula is C20H27ClO2. The average molecular weight is 335 g/mol. The lowest BCUT2D eigenvalue weighted by molar-refractivity contribution is -0.0464. The third kappa shape index (κ3) is 2.10. The largest absolute Gasteiger partial charge is 0.506 e. The number of aryl methyl sites for hydroxylation is 1. The van der Waals surface area contributed by atoms with Crippen molar-refractivity contribution in [1.29, 1.82) is 0 Å². The molecule has 0 aromatic heterocycles. The van der Waals surface area contributed by atoms with Gasteiger partial charge in [0.1, 0.15) is 5.75 Å². The summed E-state index contributed by atoms with van der Waals surface area (Å²) in [6.45, 7) is 6.76. The van der Waals surface area contributed by atoms with Crippen LogP contribution in [0, 0.1) is 22.7 Å². The van der Waals surface area contributed by atoms with E-state index in [4.69, 9.17) is 11.6 Å². The van der Waals surface area contributed by atoms with E-state index in [9.17, 15) is 10.2 Å². The maximum Gasteiger partial charge on any atom is 0.134 e. The fourth-order valence-electron chi connectivity index (χ4n) is 6.22. The van der Waals surface area contributed by atoms with Gasteiger partial charge in [0.05, 0.1) is 11.1 Å². The molecule has 23 heavy (non-hydrogen) atoms. The second-order valence-corrected chi connectivity index (χ2v) is 9.46. The van der Waals surface area contributed by atoms with Crippen LogP contribution in [0.1, 0.15) is 63.5 Å². The summed E-state index contributed by atoms with van der Waals surface area (Å²) in [4.78, 5) is 0. The first-order chi connectivity index (χ1) is 10.7. The number of rotatable bonds is 0. The zero-order valence-electron chi connectivity index (χ0n) is 14.3. The quantitative estimate of drug-likeness (QED) is 0.708. The number of hydrogen-bond donors (Lipinski definition) is 2. The molecule has 2 fully saturated rings. The third-order valence-corrected chi connectivity index (χ3v) is 7.64. The molecule has 3 heteroatoms. The molecule has 0 saturated heterocycles. The molecule has 0 aliphatic heterocycles. The van der Waals surface area contributed by atoms with Gasteiger partial charge in [-0.1, -0.05) is 32.4 Å². The van der Waals surface area contributed by atoms with E-state index in [0.717, 1.165) is 25.7 Å². The number of aliphatic hydroxyl groups is 1. The van der Waals surface area contributed by atoms with E-state index in [2.05, 4.69) is 20.8 Å². The van der Waals surface area contributed by atoms with Crippen LogP contribution in [-0.4, -0.2) is 16.3 Å². The fourth-order valence-corrected chi connectivity index (χ4v) is 6.40. The summed E-state index contributed by atoms with van der Waals surface area (Å²) in [5.41, 5.74) is 2.70. The standard InChI is InChI=1S/C20H27ClO2/c1-19(2)10-15-13-5-4-11-8-17(22)16(21)9-14(11)12(13)6-7-20(15,3)18(19)23/h8-9,12-13,15,18,22-23H,4-7,10H2,1-3H3/t12-,13+,15-,18-,20-/m0/s1. The Morgan fingerprint density at radius 1 is 1.17 bits per heavy atom. The van der Waals surface area contributed by atoms with Gasteiger partial charge in [-0.15, -0.1) is 0 Å². The molecule has 1 aromatic rings. The van der Waals surface area contributed by atoms with Crippen LogP contribution in [0.25, 0.3) is 0 Å². The molecule has 4 rings (SSSR count). The van der Waals surface area contributed by atoms with E-state index < -0.39 is 0 Å². The molecule has 0 bridgehead atoms. The lowest BCUT2D eigenvalue weighted by Crippen LogP contribution is -2.45. The summed E-state index contributed by atoms with van der Waals surface area (Å²) in [5.74, 6) is 1.98. The van der Waals surface area contributed by atoms with Crippen molar-refractivity contribution in [3.63, 3.8) is 0 Å². The van der Waals surface area contributed by atoms with Crippen molar-refractivity contribution in [2.45, 2.75) is 64.9 Å². The van der Waals surface area contributed by atoms with Crippen LogP contribution in [-0.2, 0) is 6.42 Å². The van der Waals surface area contributed by atoms with Gasteiger partial charge in [-0.25, -0.2) is 0 Å². The average Bonchev–Trinajstić information content (AvgIpc) is 2.68. The number of hydrogen-bond acceptors (Lipinski definition) is 2. The Morgan fingerprint density at radius 3 is 2.65 bits per heavy atom. The maximum atomic E-state index is 10.9. The van der Waals surface area contributed by atoms with E-state index >= 15 is 0 Å². The number of phenols is 1. The molecular weight excluding hydrogens is 308 g/mol. The lowest BCUT2D eigenvalue weighted by Gasteiger charge is -2.50. The van der Waals surface area contributed by atoms with Crippen LogP contribution in [0.15, 0.2) is 12.1 Å². The first-order valence-corrected chi connectivity index (χ1v) is 9.31. The van der Waals surface area contributed by atoms with Gasteiger partial charge in [0.2, 0.25) is 0 Å². The number of halogens is 1. The highest BCUT2D eigenvalue weighted by atomic mass is 35.5. The normalized spacial score (nSPS) is 41.1. The highest BCUT2D eigenvalue weighted by Gasteiger charge is 2.60. The van der Waals surface area contributed by atoms with Crippen LogP contribution >= 0.6 is 11.6 Å². The van der Waals surface area contributed by atoms with Crippen molar-refractivity contribution < 1.29 is 10.2 Å². The maximum absolute atomic E-state index is 10.9. The predicted octanol–water partition coefficient (Wildman–Crippen LogP) is 4.90. The Kier molecular flexibility index (Phi) is 3.36. The second kappa shape index (κ2) is 4.89. The topological polar surface area (TPSA) is 40.5 Å². The monoisotopic (exact) mass is 334 g/mol. The second-order valence-electron chi connectivity index (χ2n) is 9.06. The first-order valence-electron chi connectivity index (χ1n) is 8.93. The van der Waals surface area contributed by atoms with E-state index in [1.807, 2.05) is 12.1 Å². The summed E-state index contributed by atoms with van der Waals surface area (Å²) >= 11 is 6.19. The Hall–Kier alpha value is -0.730. The predicted molar refractivity (Wildman–Crippen MR) is 92.9 cm³/mol. The molecule has 5 atom stereocenters. The SMILES string of the molecule is CC1(C)C[C@H]2[C@@H]3CCc4cc(O)c(Cl)cc4[C@H]3CC[C@]2(C)[C@H]1O. The van der Waals surface area contributed by atoms with E-state index in [1.165, 1.54) is 17.5 Å². The van der Waals surface area contributed by atoms with Gasteiger partial charge in [0.15, 0.2) is 0 Å². The molecule has 0 spiro atoms. The number of benzene rings is 1. The Morgan fingerprint density at radius 2 is 1.91 bits per heavy atom. The number of aromatic hydroxyl groups is 1. The Bertz CT molecular complexity index is 653. The van der Waals surface area contributed by atoms with Gasteiger partial charge < -0.3 is 10.2 Å². The summed E-state index contributed by atoms with van der Waals surface area (Å²) < 4.78 is 0. The zero-order chi connectivity index (χ0) is 16.6. The van der Waals surface area contributed by atoms with E-state index in [1.54, 1.807) is 0 Å². The molecule has 3 aliphatic rings. The van der Waals surface area contributed by atoms with Crippen molar-refractivity contribution in [3.05, 3.63) is 28.3 Å². The summed E-state index contributed by atoms with van der Waals surface area (Å²) in [5, 5.41) is 21.3. The Balaban J connectivity index is 1.74. The zero-order valence-corrected chi connectivity index (χ0v) is 15.0. The molecule has 2 nitrogen and oxygen atoms in total. The van der Waals surface area contributed by atoms with Crippen molar-refractivity contribution in [2.75, 3.05) is 0 Å². The molecule has 3 aliphatic carbocycles. The molecule has 2 N–H and O–H groups in total. The van der Waals surface area contributed by atoms with Crippen LogP contribution in [0.3, 0.4) is 0 Å². The molecule has 1 aromatic carbocycles. The molecule has 0 unspecified atom stereocenters. The first kappa shape index (κ1) is 15.8. The highest BCUT2D eigenvalue weighted by molar-refractivity contribution is 6.32. The molecule has 2 saturated carbocycles. The van der Waals surface area contributed by atoms with E-state index in [-0.39, 0.29) is 22.7 Å². The number of phenolic OH excluding ortho intramolecular Hbond substituents is 1. The molecule has 0 heterocycles. The minimum atomic E-state index is -0.203. The van der Waals surface area contributed by atoms with Gasteiger partial charge in [-0.3, -0.25) is 0 Å². The summed E-state index contributed by atoms with van der Waals surface area (Å²) in [6, 6.07) is 3.87. The van der Waals surface area contributed by atoms with Crippen molar-refractivity contribution in [1.82, 2.24) is 0 Å². The van der Waals surface area contributed by atoms with Crippen LogP contribution in [0.4, 0.5) is 0 Å². The lowest BCUT2D eigenvalue weighted by atomic mass is 9.55.